The summed E-state index contributed by atoms with van der Waals surface area (Å²) in [4.78, 5) is 4.48. The van der Waals surface area contributed by atoms with Gasteiger partial charge in [-0.1, -0.05) is 31.7 Å². The molecule has 1 unspecified atom stereocenters. The molecule has 28 heavy (non-hydrogen) atoms. The van der Waals surface area contributed by atoms with Crippen LogP contribution in [0.4, 0.5) is 0 Å². The predicted molar refractivity (Wildman–Crippen MR) is 118 cm³/mol. The van der Waals surface area contributed by atoms with Crippen LogP contribution >= 0.6 is 11.8 Å². The Morgan fingerprint density at radius 2 is 2.21 bits per heavy atom. The predicted octanol–water partition coefficient (Wildman–Crippen LogP) is 6.22. The van der Waals surface area contributed by atoms with Gasteiger partial charge in [-0.25, -0.2) is 4.99 Å². The van der Waals surface area contributed by atoms with Crippen LogP contribution in [-0.2, 0) is 12.2 Å². The van der Waals surface area contributed by atoms with Gasteiger partial charge in [0.05, 0.1) is 11.7 Å². The molecule has 2 aromatic rings. The van der Waals surface area contributed by atoms with E-state index in [0.29, 0.717) is 17.2 Å². The maximum absolute atomic E-state index is 9.51. The number of ether oxygens (including phenoxy) is 1. The molecule has 2 aromatic carbocycles. The summed E-state index contributed by atoms with van der Waals surface area (Å²) in [6, 6.07) is 14.5. The van der Waals surface area contributed by atoms with Crippen LogP contribution in [0.5, 0.6) is 5.75 Å². The Labute approximate surface area is 172 Å². The fraction of sp³-hybridized carbons (Fsp3) is 0.333. The third kappa shape index (κ3) is 4.48. The van der Waals surface area contributed by atoms with Crippen molar-refractivity contribution in [3.8, 4) is 11.8 Å². The summed E-state index contributed by atoms with van der Waals surface area (Å²) >= 11 is 1.69. The summed E-state index contributed by atoms with van der Waals surface area (Å²) in [7, 11) is 0. The highest BCUT2D eigenvalue weighted by Crippen LogP contribution is 2.36. The van der Waals surface area contributed by atoms with Gasteiger partial charge >= 0.3 is 0 Å². The molecule has 0 fully saturated rings. The van der Waals surface area contributed by atoms with E-state index in [-0.39, 0.29) is 6.10 Å². The average molecular weight is 391 g/mol. The highest BCUT2D eigenvalue weighted by atomic mass is 32.2. The number of hydrogen-bond donors (Lipinski definition) is 0. The lowest BCUT2D eigenvalue weighted by atomic mass is 10.0. The molecule has 3 nitrogen and oxygen atoms in total. The van der Waals surface area contributed by atoms with Crippen LogP contribution in [0.1, 0.15) is 60.9 Å². The number of fused-ring (bicyclic) bond motifs is 1. The second kappa shape index (κ2) is 9.12. The van der Waals surface area contributed by atoms with Gasteiger partial charge in [-0.05, 0) is 67.5 Å². The van der Waals surface area contributed by atoms with E-state index in [9.17, 15) is 5.26 Å². The monoisotopic (exact) mass is 390 g/mol. The van der Waals surface area contributed by atoms with Crippen molar-refractivity contribution in [2.24, 2.45) is 4.99 Å². The molecular formula is C24H26N2OS. The van der Waals surface area contributed by atoms with E-state index < -0.39 is 0 Å². The lowest BCUT2D eigenvalue weighted by molar-refractivity contribution is 0.241. The van der Waals surface area contributed by atoms with Crippen LogP contribution in [0, 0.1) is 11.3 Å². The summed E-state index contributed by atoms with van der Waals surface area (Å²) in [6.07, 6.45) is 3.97. The van der Waals surface area contributed by atoms with E-state index in [1.807, 2.05) is 32.0 Å². The Hall–Kier alpha value is -2.51. The third-order valence-electron chi connectivity index (χ3n) is 4.95. The maximum Gasteiger partial charge on any atom is 0.137 e. The lowest BCUT2D eigenvalue weighted by Gasteiger charge is -2.13. The summed E-state index contributed by atoms with van der Waals surface area (Å²) < 4.78 is 5.73. The summed E-state index contributed by atoms with van der Waals surface area (Å²) in [5.74, 6) is 2.11. The summed E-state index contributed by atoms with van der Waals surface area (Å²) in [5.41, 5.74) is 5.81. The second-order valence-electron chi connectivity index (χ2n) is 7.32. The van der Waals surface area contributed by atoms with Gasteiger partial charge in [-0.3, -0.25) is 0 Å². The van der Waals surface area contributed by atoms with Crippen LogP contribution in [-0.4, -0.2) is 11.1 Å². The molecule has 0 bridgehead atoms. The molecular weight excluding hydrogens is 364 g/mol. The smallest absolute Gasteiger partial charge is 0.137 e. The first-order valence-electron chi connectivity index (χ1n) is 9.66. The Morgan fingerprint density at radius 3 is 2.93 bits per heavy atom. The van der Waals surface area contributed by atoms with Gasteiger partial charge in [0, 0.05) is 17.5 Å². The van der Waals surface area contributed by atoms with Gasteiger partial charge in [-0.2, -0.15) is 5.26 Å². The number of thioether (sulfide) groups is 1. The SMILES string of the molecule is C=C/N=C(\SCc1cccc2c1CCC2C)c1ccc(OC(C)C)c(C#N)c1. The van der Waals surface area contributed by atoms with Crippen LogP contribution < -0.4 is 4.74 Å². The Bertz CT molecular complexity index is 940. The number of benzene rings is 2. The minimum absolute atomic E-state index is 0.0243. The molecule has 3 rings (SSSR count). The van der Waals surface area contributed by atoms with E-state index in [2.05, 4.69) is 42.8 Å². The third-order valence-corrected chi connectivity index (χ3v) is 6.02. The molecule has 0 aromatic heterocycles. The van der Waals surface area contributed by atoms with Crippen molar-refractivity contribution in [2.45, 2.75) is 51.4 Å². The molecule has 0 radical (unpaired) electrons. The fourth-order valence-electron chi connectivity index (χ4n) is 3.60. The van der Waals surface area contributed by atoms with Gasteiger partial charge in [0.15, 0.2) is 0 Å². The second-order valence-corrected chi connectivity index (χ2v) is 8.28. The first-order valence-corrected chi connectivity index (χ1v) is 10.7. The normalized spacial score (nSPS) is 16.0. The summed E-state index contributed by atoms with van der Waals surface area (Å²) in [5, 5.41) is 10.4. The lowest BCUT2D eigenvalue weighted by Crippen LogP contribution is -2.07. The Morgan fingerprint density at radius 1 is 1.39 bits per heavy atom. The topological polar surface area (TPSA) is 45.4 Å². The van der Waals surface area contributed by atoms with Gasteiger partial charge in [0.1, 0.15) is 16.9 Å². The number of aliphatic imine (C=N–C) groups is 1. The van der Waals surface area contributed by atoms with Crippen molar-refractivity contribution in [3.05, 3.63) is 77.0 Å². The molecule has 4 heteroatoms. The standard InChI is InChI=1S/C24H26N2OS/c1-5-26-24(18-10-12-23(27-16(2)3)20(13-18)14-25)28-15-19-7-6-8-21-17(4)9-11-22(19)21/h5-8,10,12-13,16-17H,1,9,11,15H2,2-4H3/b26-24-. The van der Waals surface area contributed by atoms with Crippen molar-refractivity contribution < 1.29 is 4.74 Å². The Kier molecular flexibility index (Phi) is 6.59. The molecule has 1 aliphatic rings. The quantitative estimate of drug-likeness (QED) is 0.434. The largest absolute Gasteiger partial charge is 0.490 e. The van der Waals surface area contributed by atoms with E-state index >= 15 is 0 Å². The summed E-state index contributed by atoms with van der Waals surface area (Å²) in [6.45, 7) is 9.97. The van der Waals surface area contributed by atoms with E-state index in [1.54, 1.807) is 18.0 Å². The van der Waals surface area contributed by atoms with Crippen LogP contribution in [0.2, 0.25) is 0 Å². The zero-order valence-corrected chi connectivity index (χ0v) is 17.6. The molecule has 0 amide bonds. The van der Waals surface area contributed by atoms with E-state index in [1.165, 1.54) is 23.1 Å². The number of nitrogens with zero attached hydrogens (tertiary/aromatic N) is 2. The van der Waals surface area contributed by atoms with Crippen LogP contribution in [0.15, 0.2) is 54.2 Å². The molecule has 0 spiro atoms. The van der Waals surface area contributed by atoms with E-state index in [4.69, 9.17) is 4.74 Å². The zero-order chi connectivity index (χ0) is 20.1. The minimum atomic E-state index is 0.0243. The highest BCUT2D eigenvalue weighted by molar-refractivity contribution is 8.13. The molecule has 0 N–H and O–H groups in total. The van der Waals surface area contributed by atoms with Crippen molar-refractivity contribution in [1.29, 1.82) is 5.26 Å². The van der Waals surface area contributed by atoms with E-state index in [0.717, 1.165) is 22.8 Å². The molecule has 0 saturated carbocycles. The fourth-order valence-corrected chi connectivity index (χ4v) is 4.61. The molecule has 1 atom stereocenters. The molecule has 0 saturated heterocycles. The maximum atomic E-state index is 9.51. The van der Waals surface area contributed by atoms with Crippen LogP contribution in [0.3, 0.4) is 0 Å². The van der Waals surface area contributed by atoms with Gasteiger partial charge in [0.25, 0.3) is 0 Å². The van der Waals surface area contributed by atoms with Crippen LogP contribution in [0.25, 0.3) is 0 Å². The van der Waals surface area contributed by atoms with Crippen molar-refractivity contribution >= 4 is 16.8 Å². The number of rotatable bonds is 6. The highest BCUT2D eigenvalue weighted by Gasteiger charge is 2.21. The molecule has 1 aliphatic carbocycles. The van der Waals surface area contributed by atoms with Crippen molar-refractivity contribution in [2.75, 3.05) is 0 Å². The molecule has 144 valence electrons. The van der Waals surface area contributed by atoms with Crippen molar-refractivity contribution in [1.82, 2.24) is 0 Å². The first-order chi connectivity index (χ1) is 13.5. The number of hydrogen-bond acceptors (Lipinski definition) is 4. The van der Waals surface area contributed by atoms with Gasteiger partial charge in [0.2, 0.25) is 0 Å². The van der Waals surface area contributed by atoms with Crippen molar-refractivity contribution in [3.63, 3.8) is 0 Å². The zero-order valence-electron chi connectivity index (χ0n) is 16.7. The first kappa shape index (κ1) is 20.2. The minimum Gasteiger partial charge on any atom is -0.490 e. The number of nitriles is 1. The van der Waals surface area contributed by atoms with Gasteiger partial charge in [-0.15, -0.1) is 11.8 Å². The average Bonchev–Trinajstić information content (AvgIpc) is 3.07. The Balaban J connectivity index is 1.83. The molecule has 0 heterocycles. The van der Waals surface area contributed by atoms with Gasteiger partial charge < -0.3 is 4.74 Å². The molecule has 0 aliphatic heterocycles.